The minimum Gasteiger partial charge on any atom is -0.497 e. The van der Waals surface area contributed by atoms with Gasteiger partial charge in [0, 0.05) is 19.4 Å². The second kappa shape index (κ2) is 15.4. The highest BCUT2D eigenvalue weighted by atomic mass is 16.6. The average molecular weight is 569 g/mol. The van der Waals surface area contributed by atoms with Gasteiger partial charge in [0.1, 0.15) is 24.0 Å². The normalized spacial score (nSPS) is 18.0. The number of amides is 2. The van der Waals surface area contributed by atoms with Crippen LogP contribution in [0.15, 0.2) is 54.6 Å². The molecule has 0 bridgehead atoms. The lowest BCUT2D eigenvalue weighted by atomic mass is 9.83. The number of hydrogen-bond donors (Lipinski definition) is 2. The molecule has 1 saturated heterocycles. The lowest BCUT2D eigenvalue weighted by Gasteiger charge is -2.24. The molecule has 2 amide bonds. The van der Waals surface area contributed by atoms with Crippen LogP contribution in [0.25, 0.3) is 0 Å². The van der Waals surface area contributed by atoms with Crippen molar-refractivity contribution in [2.45, 2.75) is 50.8 Å². The fourth-order valence-electron chi connectivity index (χ4n) is 4.42. The number of ether oxygens (including phenoxy) is 4. The third-order valence-corrected chi connectivity index (χ3v) is 6.98. The Kier molecular flexibility index (Phi) is 12.0. The van der Waals surface area contributed by atoms with E-state index in [0.29, 0.717) is 25.4 Å². The summed E-state index contributed by atoms with van der Waals surface area (Å²) in [5.41, 5.74) is 0.845. The minimum atomic E-state index is -0.924. The monoisotopic (exact) mass is 568 g/mol. The summed E-state index contributed by atoms with van der Waals surface area (Å²) in [5.74, 6) is -1.35. The van der Waals surface area contributed by atoms with E-state index in [1.54, 1.807) is 26.2 Å². The molecule has 10 heteroatoms. The molecular weight excluding hydrogens is 528 g/mol. The fourth-order valence-corrected chi connectivity index (χ4v) is 4.42. The van der Waals surface area contributed by atoms with Gasteiger partial charge in [0.05, 0.1) is 33.0 Å². The molecule has 41 heavy (non-hydrogen) atoms. The Morgan fingerprint density at radius 2 is 1.59 bits per heavy atom. The van der Waals surface area contributed by atoms with Gasteiger partial charge >= 0.3 is 0 Å². The van der Waals surface area contributed by atoms with E-state index in [-0.39, 0.29) is 37.6 Å². The summed E-state index contributed by atoms with van der Waals surface area (Å²) >= 11 is 0. The highest BCUT2D eigenvalue weighted by Gasteiger charge is 2.50. The number of ketones is 2. The smallest absolute Gasteiger partial charge is 0.246 e. The van der Waals surface area contributed by atoms with Crippen LogP contribution in [0, 0.1) is 5.92 Å². The Hall–Kier alpha value is -3.60. The van der Waals surface area contributed by atoms with Gasteiger partial charge in [-0.15, -0.1) is 0 Å². The van der Waals surface area contributed by atoms with Crippen molar-refractivity contribution in [2.24, 2.45) is 5.92 Å². The van der Waals surface area contributed by atoms with Crippen molar-refractivity contribution in [1.29, 1.82) is 0 Å². The van der Waals surface area contributed by atoms with E-state index in [1.165, 1.54) is 14.0 Å². The summed E-state index contributed by atoms with van der Waals surface area (Å²) in [6.45, 7) is 3.96. The summed E-state index contributed by atoms with van der Waals surface area (Å²) in [5, 5.41) is 5.38. The Bertz CT molecular complexity index is 1160. The van der Waals surface area contributed by atoms with E-state index in [1.807, 2.05) is 42.5 Å². The third kappa shape index (κ3) is 10.1. The number of carbonyl (C=O) groups is 4. The van der Waals surface area contributed by atoms with Crippen molar-refractivity contribution in [3.8, 4) is 5.75 Å². The first-order chi connectivity index (χ1) is 19.6. The van der Waals surface area contributed by atoms with Crippen LogP contribution < -0.4 is 15.4 Å². The Morgan fingerprint density at radius 1 is 0.927 bits per heavy atom. The van der Waals surface area contributed by atoms with E-state index in [2.05, 4.69) is 10.6 Å². The maximum Gasteiger partial charge on any atom is 0.246 e. The number of rotatable bonds is 18. The molecule has 2 aromatic rings. The Labute approximate surface area is 241 Å². The van der Waals surface area contributed by atoms with Crippen molar-refractivity contribution >= 4 is 23.4 Å². The van der Waals surface area contributed by atoms with Crippen LogP contribution in [0.4, 0.5) is 0 Å². The van der Waals surface area contributed by atoms with Gasteiger partial charge in [-0.2, -0.15) is 0 Å². The van der Waals surface area contributed by atoms with Gasteiger partial charge in [0.15, 0.2) is 11.6 Å². The molecule has 1 aliphatic rings. The van der Waals surface area contributed by atoms with E-state index < -0.39 is 35.4 Å². The molecule has 1 fully saturated rings. The first kappa shape index (κ1) is 31.9. The van der Waals surface area contributed by atoms with Gasteiger partial charge in [0.2, 0.25) is 11.8 Å². The minimum absolute atomic E-state index is 0.0676. The molecule has 2 N–H and O–H groups in total. The molecule has 0 radical (unpaired) electrons. The lowest BCUT2D eigenvalue weighted by Crippen LogP contribution is -2.52. The molecule has 10 nitrogen and oxygen atoms in total. The van der Waals surface area contributed by atoms with Gasteiger partial charge in [-0.1, -0.05) is 42.5 Å². The number of epoxide rings is 1. The average Bonchev–Trinajstić information content (AvgIpc) is 3.73. The van der Waals surface area contributed by atoms with Gasteiger partial charge in [-0.25, -0.2) is 0 Å². The van der Waals surface area contributed by atoms with Crippen LogP contribution in [0.2, 0.25) is 0 Å². The maximum atomic E-state index is 13.8. The molecule has 1 heterocycles. The van der Waals surface area contributed by atoms with Gasteiger partial charge < -0.3 is 29.6 Å². The predicted molar refractivity (Wildman–Crippen MR) is 152 cm³/mol. The Morgan fingerprint density at radius 3 is 2.20 bits per heavy atom. The molecule has 4 atom stereocenters. The topological polar surface area (TPSA) is 133 Å². The van der Waals surface area contributed by atoms with Crippen molar-refractivity contribution in [2.75, 3.05) is 40.6 Å². The number of carbonyl (C=O) groups excluding carboxylic acids is 4. The van der Waals surface area contributed by atoms with Gasteiger partial charge in [-0.3, -0.25) is 19.2 Å². The van der Waals surface area contributed by atoms with Crippen LogP contribution in [-0.2, 0) is 46.2 Å². The summed E-state index contributed by atoms with van der Waals surface area (Å²) in [7, 11) is 3.09. The first-order valence-electron chi connectivity index (χ1n) is 13.7. The highest BCUT2D eigenvalue weighted by Crippen LogP contribution is 2.33. The molecule has 2 aromatic carbocycles. The molecule has 222 valence electrons. The quantitative estimate of drug-likeness (QED) is 0.206. The van der Waals surface area contributed by atoms with Crippen LogP contribution in [0.3, 0.4) is 0 Å². The summed E-state index contributed by atoms with van der Waals surface area (Å²) in [4.78, 5) is 52.4. The summed E-state index contributed by atoms with van der Waals surface area (Å²) in [6.07, 6.45) is 0.514. The third-order valence-electron chi connectivity index (χ3n) is 6.98. The largest absolute Gasteiger partial charge is 0.497 e. The first-order valence-corrected chi connectivity index (χ1v) is 13.7. The van der Waals surface area contributed by atoms with Gasteiger partial charge in [0.25, 0.3) is 0 Å². The van der Waals surface area contributed by atoms with Crippen molar-refractivity contribution in [3.05, 3.63) is 65.7 Å². The highest BCUT2D eigenvalue weighted by molar-refractivity contribution is 5.97. The molecule has 0 saturated carbocycles. The zero-order valence-corrected chi connectivity index (χ0v) is 24.1. The van der Waals surface area contributed by atoms with E-state index >= 15 is 0 Å². The molecule has 1 aliphatic heterocycles. The molecule has 0 aromatic heterocycles. The van der Waals surface area contributed by atoms with E-state index in [0.717, 1.165) is 11.1 Å². The van der Waals surface area contributed by atoms with Crippen LogP contribution in [0.1, 0.15) is 31.4 Å². The van der Waals surface area contributed by atoms with Crippen molar-refractivity contribution in [3.63, 3.8) is 0 Å². The number of methoxy groups -OCH3 is 2. The van der Waals surface area contributed by atoms with E-state index in [9.17, 15) is 19.2 Å². The summed E-state index contributed by atoms with van der Waals surface area (Å²) < 4.78 is 20.7. The molecule has 0 spiro atoms. The maximum absolute atomic E-state index is 13.8. The number of nitrogens with one attached hydrogen (secondary N) is 2. The van der Waals surface area contributed by atoms with Crippen molar-refractivity contribution in [1.82, 2.24) is 10.6 Å². The zero-order valence-electron chi connectivity index (χ0n) is 24.1. The molecule has 3 rings (SSSR count). The molecule has 0 aliphatic carbocycles. The van der Waals surface area contributed by atoms with E-state index in [4.69, 9.17) is 18.9 Å². The SMILES string of the molecule is COCCOCC(=O)N[C@@H](C)C(=O)N[C@@H](Cc1ccc(OC)cc1)C(=O)C[C@@H](Cc1ccccc1)C(=O)[C@@]1(C)CO1. The second-order valence-electron chi connectivity index (χ2n) is 10.4. The number of benzene rings is 2. The number of Topliss-reactive ketones (excluding diaryl/α,β-unsaturated/α-hetero) is 2. The lowest BCUT2D eigenvalue weighted by molar-refractivity contribution is -0.134. The number of hydrogen-bond acceptors (Lipinski definition) is 8. The predicted octanol–water partition coefficient (Wildman–Crippen LogP) is 2.07. The molecule has 0 unspecified atom stereocenters. The van der Waals surface area contributed by atoms with Crippen LogP contribution in [-0.4, -0.2) is 81.7 Å². The van der Waals surface area contributed by atoms with Crippen LogP contribution >= 0.6 is 0 Å². The Balaban J connectivity index is 1.73. The fraction of sp³-hybridized carbons (Fsp3) is 0.484. The summed E-state index contributed by atoms with van der Waals surface area (Å²) in [6, 6.07) is 14.9. The van der Waals surface area contributed by atoms with Gasteiger partial charge in [-0.05, 0) is 49.9 Å². The van der Waals surface area contributed by atoms with Crippen molar-refractivity contribution < 1.29 is 38.1 Å². The second-order valence-corrected chi connectivity index (χ2v) is 10.4. The zero-order chi connectivity index (χ0) is 29.8. The standard InChI is InChI=1S/C31H40N2O8/c1-21(32-28(35)19-40-15-14-38-3)30(37)33-26(17-23-10-12-25(39-4)13-11-23)27(34)18-24(29(36)31(2)20-41-31)16-22-8-6-5-7-9-22/h5-13,21,24,26H,14-20H2,1-4H3,(H,32,35)(H,33,37)/t21-,24+,26-,31+/m0/s1. The molecular formula is C31H40N2O8. The van der Waals surface area contributed by atoms with Crippen LogP contribution in [0.5, 0.6) is 5.75 Å².